The van der Waals surface area contributed by atoms with Gasteiger partial charge < -0.3 is 15.9 Å². The van der Waals surface area contributed by atoms with E-state index in [1.807, 2.05) is 12.1 Å². The molecule has 0 aromatic heterocycles. The molecule has 0 unspecified atom stereocenters. The van der Waals surface area contributed by atoms with E-state index in [9.17, 15) is 4.79 Å². The molecule has 4 heteroatoms. The fraction of sp³-hybridized carbons (Fsp3) is 0.462. The Balaban J connectivity index is 0.000000557. The van der Waals surface area contributed by atoms with Crippen LogP contribution in [0.4, 0.5) is 0 Å². The minimum Gasteiger partial charge on any atom is -0.478 e. The van der Waals surface area contributed by atoms with Crippen LogP contribution in [-0.2, 0) is 5.41 Å². The van der Waals surface area contributed by atoms with Gasteiger partial charge in [0.05, 0.1) is 12.2 Å². The van der Waals surface area contributed by atoms with Gasteiger partial charge in [-0.05, 0) is 23.1 Å². The number of carbonyl (C=O) groups is 1. The van der Waals surface area contributed by atoms with Crippen molar-refractivity contribution in [2.45, 2.75) is 26.2 Å². The summed E-state index contributed by atoms with van der Waals surface area (Å²) < 4.78 is 0. The third-order valence-corrected chi connectivity index (χ3v) is 2.13. The van der Waals surface area contributed by atoms with Gasteiger partial charge in [-0.15, -0.1) is 0 Å². The number of carboxylic acids is 1. The van der Waals surface area contributed by atoms with Gasteiger partial charge in [0.25, 0.3) is 0 Å². The molecule has 0 saturated heterocycles. The lowest BCUT2D eigenvalue weighted by Gasteiger charge is -2.18. The van der Waals surface area contributed by atoms with E-state index >= 15 is 0 Å². The Kier molecular flexibility index (Phi) is 6.46. The molecule has 96 valence electrons. The molecule has 0 aliphatic heterocycles. The third kappa shape index (κ3) is 6.04. The smallest absolute Gasteiger partial charge is 0.335 e. The van der Waals surface area contributed by atoms with Crippen LogP contribution < -0.4 is 5.73 Å². The van der Waals surface area contributed by atoms with Crippen LogP contribution in [0.25, 0.3) is 0 Å². The number of nitrogens with two attached hydrogens (primary N) is 1. The van der Waals surface area contributed by atoms with Crippen LogP contribution in [0.2, 0.25) is 0 Å². The van der Waals surface area contributed by atoms with Crippen LogP contribution >= 0.6 is 0 Å². The number of aliphatic hydroxyl groups is 1. The number of hydrogen-bond acceptors (Lipinski definition) is 3. The molecule has 0 atom stereocenters. The van der Waals surface area contributed by atoms with E-state index in [0.29, 0.717) is 12.1 Å². The summed E-state index contributed by atoms with van der Waals surface area (Å²) in [5.74, 6) is -0.875. The van der Waals surface area contributed by atoms with E-state index in [-0.39, 0.29) is 12.0 Å². The van der Waals surface area contributed by atoms with Crippen molar-refractivity contribution in [3.63, 3.8) is 0 Å². The van der Waals surface area contributed by atoms with Gasteiger partial charge in [-0.3, -0.25) is 0 Å². The van der Waals surface area contributed by atoms with Gasteiger partial charge in [-0.1, -0.05) is 32.9 Å². The first-order valence-electron chi connectivity index (χ1n) is 5.47. The molecule has 0 heterocycles. The molecular weight excluding hydrogens is 218 g/mol. The largest absolute Gasteiger partial charge is 0.478 e. The fourth-order valence-electron chi connectivity index (χ4n) is 1.11. The van der Waals surface area contributed by atoms with Gasteiger partial charge in [0.15, 0.2) is 0 Å². The summed E-state index contributed by atoms with van der Waals surface area (Å²) in [7, 11) is 0. The van der Waals surface area contributed by atoms with Crippen molar-refractivity contribution in [1.82, 2.24) is 0 Å². The highest BCUT2D eigenvalue weighted by molar-refractivity contribution is 5.87. The molecule has 4 N–H and O–H groups in total. The van der Waals surface area contributed by atoms with Gasteiger partial charge in [0.2, 0.25) is 0 Å². The Hall–Kier alpha value is -1.39. The zero-order valence-electron chi connectivity index (χ0n) is 10.6. The first kappa shape index (κ1) is 15.6. The van der Waals surface area contributed by atoms with Crippen LogP contribution in [0, 0.1) is 0 Å². The zero-order chi connectivity index (χ0) is 13.5. The normalized spacial score (nSPS) is 10.4. The maximum atomic E-state index is 10.6. The van der Waals surface area contributed by atoms with Crippen molar-refractivity contribution in [2.24, 2.45) is 5.73 Å². The molecule has 1 rings (SSSR count). The summed E-state index contributed by atoms with van der Waals surface area (Å²) in [5.41, 5.74) is 6.35. The minimum atomic E-state index is -0.875. The second kappa shape index (κ2) is 7.04. The summed E-state index contributed by atoms with van der Waals surface area (Å²) in [5, 5.41) is 16.4. The van der Waals surface area contributed by atoms with Gasteiger partial charge in [0.1, 0.15) is 0 Å². The Morgan fingerprint density at radius 1 is 1.24 bits per heavy atom. The maximum absolute atomic E-state index is 10.6. The van der Waals surface area contributed by atoms with Crippen LogP contribution in [-0.4, -0.2) is 29.3 Å². The van der Waals surface area contributed by atoms with Gasteiger partial charge >= 0.3 is 5.97 Å². The molecule has 1 aromatic rings. The summed E-state index contributed by atoms with van der Waals surface area (Å²) in [4.78, 5) is 10.6. The number of aromatic carboxylic acids is 1. The molecular formula is C13H21NO3. The second-order valence-electron chi connectivity index (χ2n) is 4.64. The number of hydrogen-bond donors (Lipinski definition) is 3. The fourth-order valence-corrected chi connectivity index (χ4v) is 1.11. The summed E-state index contributed by atoms with van der Waals surface area (Å²) >= 11 is 0. The number of rotatable bonds is 2. The van der Waals surface area contributed by atoms with Crippen molar-refractivity contribution >= 4 is 5.97 Å². The maximum Gasteiger partial charge on any atom is 0.335 e. The Labute approximate surface area is 102 Å². The predicted octanol–water partition coefficient (Wildman–Crippen LogP) is 1.62. The standard InChI is InChI=1S/C11H14O2.C2H7NO/c1-11(2,3)9-6-4-8(5-7-9)10(12)13;3-1-2-4/h4-7H,1-3H3,(H,12,13);4H,1-3H2. The number of benzene rings is 1. The summed E-state index contributed by atoms with van der Waals surface area (Å²) in [6.07, 6.45) is 0. The first-order chi connectivity index (χ1) is 7.82. The van der Waals surface area contributed by atoms with Gasteiger partial charge in [0, 0.05) is 6.54 Å². The lowest BCUT2D eigenvalue weighted by Crippen LogP contribution is -2.11. The highest BCUT2D eigenvalue weighted by atomic mass is 16.4. The van der Waals surface area contributed by atoms with Gasteiger partial charge in [-0.2, -0.15) is 0 Å². The van der Waals surface area contributed by atoms with E-state index in [1.54, 1.807) is 12.1 Å². The molecule has 0 fully saturated rings. The van der Waals surface area contributed by atoms with E-state index in [0.717, 1.165) is 5.56 Å². The monoisotopic (exact) mass is 239 g/mol. The minimum absolute atomic E-state index is 0.0804. The van der Waals surface area contributed by atoms with E-state index < -0.39 is 5.97 Å². The molecule has 4 nitrogen and oxygen atoms in total. The highest BCUT2D eigenvalue weighted by Gasteiger charge is 2.13. The van der Waals surface area contributed by atoms with Crippen LogP contribution in [0.15, 0.2) is 24.3 Å². The van der Waals surface area contributed by atoms with Crippen molar-refractivity contribution in [3.8, 4) is 0 Å². The zero-order valence-corrected chi connectivity index (χ0v) is 10.6. The quantitative estimate of drug-likeness (QED) is 0.732. The van der Waals surface area contributed by atoms with Crippen molar-refractivity contribution < 1.29 is 15.0 Å². The molecule has 0 radical (unpaired) electrons. The van der Waals surface area contributed by atoms with E-state index in [2.05, 4.69) is 20.8 Å². The number of aliphatic hydroxyl groups excluding tert-OH is 1. The van der Waals surface area contributed by atoms with E-state index in [1.165, 1.54) is 0 Å². The van der Waals surface area contributed by atoms with Gasteiger partial charge in [-0.25, -0.2) is 4.79 Å². The SMILES string of the molecule is CC(C)(C)c1ccc(C(=O)O)cc1.NCCO. The lowest BCUT2D eigenvalue weighted by molar-refractivity contribution is 0.0697. The Bertz CT molecular complexity index is 337. The van der Waals surface area contributed by atoms with E-state index in [4.69, 9.17) is 15.9 Å². The van der Waals surface area contributed by atoms with Crippen molar-refractivity contribution in [1.29, 1.82) is 0 Å². The number of carboxylic acid groups (broad SMARTS) is 1. The van der Waals surface area contributed by atoms with Crippen LogP contribution in [0.5, 0.6) is 0 Å². The molecule has 0 aliphatic carbocycles. The molecule has 0 spiro atoms. The predicted molar refractivity (Wildman–Crippen MR) is 68.2 cm³/mol. The molecule has 0 aliphatic rings. The summed E-state index contributed by atoms with van der Waals surface area (Å²) in [6, 6.07) is 7.01. The molecule has 17 heavy (non-hydrogen) atoms. The average molecular weight is 239 g/mol. The van der Waals surface area contributed by atoms with Crippen molar-refractivity contribution in [3.05, 3.63) is 35.4 Å². The Morgan fingerprint density at radius 2 is 1.65 bits per heavy atom. The van der Waals surface area contributed by atoms with Crippen molar-refractivity contribution in [2.75, 3.05) is 13.2 Å². The average Bonchev–Trinajstić information content (AvgIpc) is 2.28. The topological polar surface area (TPSA) is 83.5 Å². The Morgan fingerprint density at radius 3 is 1.88 bits per heavy atom. The highest BCUT2D eigenvalue weighted by Crippen LogP contribution is 2.21. The molecule has 0 amide bonds. The first-order valence-corrected chi connectivity index (χ1v) is 5.47. The second-order valence-corrected chi connectivity index (χ2v) is 4.64. The van der Waals surface area contributed by atoms with Crippen LogP contribution in [0.1, 0.15) is 36.7 Å². The molecule has 1 aromatic carbocycles. The summed E-state index contributed by atoms with van der Waals surface area (Å²) in [6.45, 7) is 6.77. The lowest BCUT2D eigenvalue weighted by atomic mass is 9.87. The molecule has 0 bridgehead atoms. The molecule has 0 saturated carbocycles. The third-order valence-electron chi connectivity index (χ3n) is 2.13. The van der Waals surface area contributed by atoms with Crippen LogP contribution in [0.3, 0.4) is 0 Å².